The fraction of sp³-hybridized carbons (Fsp3) is 0.333. The van der Waals surface area contributed by atoms with Crippen molar-refractivity contribution in [1.29, 1.82) is 5.26 Å². The minimum atomic E-state index is -1.25. The van der Waals surface area contributed by atoms with Gasteiger partial charge in [-0.3, -0.25) is 4.21 Å². The minimum absolute atomic E-state index is 0.281. The van der Waals surface area contributed by atoms with Crippen LogP contribution in [0.15, 0.2) is 10.3 Å². The Balaban J connectivity index is 3.09. The van der Waals surface area contributed by atoms with E-state index in [2.05, 4.69) is 0 Å². The summed E-state index contributed by atoms with van der Waals surface area (Å²) in [6.45, 7) is 1.98. The van der Waals surface area contributed by atoms with E-state index in [4.69, 9.17) is 10.00 Å². The summed E-state index contributed by atoms with van der Waals surface area (Å²) in [5.41, 5.74) is 0.281. The molecule has 0 saturated heterocycles. The van der Waals surface area contributed by atoms with Gasteiger partial charge in [-0.25, -0.2) is 4.79 Å². The number of esters is 1. The maximum absolute atomic E-state index is 11.3. The van der Waals surface area contributed by atoms with E-state index in [0.717, 1.165) is 11.3 Å². The number of hydrogen-bond donors (Lipinski definition) is 0. The Morgan fingerprint density at radius 1 is 1.73 bits per heavy atom. The van der Waals surface area contributed by atoms with E-state index in [-0.39, 0.29) is 12.2 Å². The van der Waals surface area contributed by atoms with Gasteiger partial charge in [0.2, 0.25) is 0 Å². The molecule has 0 saturated carbocycles. The number of nitrogens with zero attached hydrogens (tertiary/aromatic N) is 1. The summed E-state index contributed by atoms with van der Waals surface area (Å²) in [5.74, 6) is -0.476. The first-order valence-corrected chi connectivity index (χ1v) is 6.52. The van der Waals surface area contributed by atoms with Gasteiger partial charge in [-0.05, 0) is 13.0 Å². The first-order chi connectivity index (χ1) is 7.10. The van der Waals surface area contributed by atoms with Crippen molar-refractivity contribution in [3.63, 3.8) is 0 Å². The summed E-state index contributed by atoms with van der Waals surface area (Å²) in [6, 6.07) is 3.32. The maximum Gasteiger partial charge on any atom is 0.348 e. The fourth-order valence-electron chi connectivity index (χ4n) is 0.969. The van der Waals surface area contributed by atoms with Crippen molar-refractivity contribution in [2.45, 2.75) is 11.1 Å². The molecule has 0 aliphatic heterocycles. The number of thiophene rings is 1. The summed E-state index contributed by atoms with van der Waals surface area (Å²) in [6.07, 6.45) is 1.47. The van der Waals surface area contributed by atoms with E-state index >= 15 is 0 Å². The zero-order chi connectivity index (χ0) is 11.4. The predicted octanol–water partition coefficient (Wildman–Crippen LogP) is 1.53. The number of carbonyl (C=O) groups excluding carboxylic acids is 1. The van der Waals surface area contributed by atoms with E-state index in [1.807, 2.05) is 6.07 Å². The van der Waals surface area contributed by atoms with Gasteiger partial charge in [-0.15, -0.1) is 11.3 Å². The molecule has 1 aromatic rings. The van der Waals surface area contributed by atoms with Gasteiger partial charge in [0.05, 0.1) is 23.0 Å². The molecular formula is C9H9NO3S2. The van der Waals surface area contributed by atoms with E-state index in [1.54, 1.807) is 6.92 Å². The molecule has 1 unspecified atom stereocenters. The lowest BCUT2D eigenvalue weighted by Crippen LogP contribution is -2.01. The molecule has 0 amide bonds. The van der Waals surface area contributed by atoms with Crippen LogP contribution in [0.3, 0.4) is 0 Å². The second-order valence-corrected chi connectivity index (χ2v) is 5.23. The van der Waals surface area contributed by atoms with Crippen LogP contribution in [-0.4, -0.2) is 23.0 Å². The lowest BCUT2D eigenvalue weighted by Gasteiger charge is -1.96. The maximum atomic E-state index is 11.3. The molecule has 0 fully saturated rings. The van der Waals surface area contributed by atoms with Crippen molar-refractivity contribution in [3.05, 3.63) is 16.5 Å². The van der Waals surface area contributed by atoms with Crippen molar-refractivity contribution >= 4 is 28.1 Å². The number of hydrogen-bond acceptors (Lipinski definition) is 5. The zero-order valence-electron chi connectivity index (χ0n) is 8.27. The smallest absolute Gasteiger partial charge is 0.348 e. The van der Waals surface area contributed by atoms with E-state index in [1.165, 1.54) is 12.3 Å². The van der Waals surface area contributed by atoms with Gasteiger partial charge >= 0.3 is 5.97 Å². The zero-order valence-corrected chi connectivity index (χ0v) is 9.91. The standard InChI is InChI=1S/C9H9NO3S2/c1-3-13-8(11)7-4-6(5-10)9(14-7)15(2)12/h4H,3H2,1-2H3. The summed E-state index contributed by atoms with van der Waals surface area (Å²) in [4.78, 5) is 11.6. The Kier molecular flexibility index (Phi) is 4.00. The molecule has 6 heteroatoms. The fourth-order valence-corrected chi connectivity index (χ4v) is 2.85. The molecule has 0 aliphatic rings. The first-order valence-electron chi connectivity index (χ1n) is 4.14. The molecule has 0 aliphatic carbocycles. The van der Waals surface area contributed by atoms with Crippen LogP contribution in [0.2, 0.25) is 0 Å². The Bertz CT molecular complexity index is 445. The largest absolute Gasteiger partial charge is 0.462 e. The van der Waals surface area contributed by atoms with Crippen LogP contribution >= 0.6 is 11.3 Å². The second kappa shape index (κ2) is 5.05. The average Bonchev–Trinajstić information content (AvgIpc) is 2.61. The molecule has 0 bridgehead atoms. The molecule has 0 spiro atoms. The quantitative estimate of drug-likeness (QED) is 0.755. The number of nitriles is 1. The van der Waals surface area contributed by atoms with Gasteiger partial charge in [0.1, 0.15) is 15.2 Å². The van der Waals surface area contributed by atoms with Crippen LogP contribution < -0.4 is 0 Å². The number of ether oxygens (including phenoxy) is 1. The van der Waals surface area contributed by atoms with E-state index in [0.29, 0.717) is 9.09 Å². The molecule has 0 radical (unpaired) electrons. The van der Waals surface area contributed by atoms with Crippen LogP contribution in [0, 0.1) is 11.3 Å². The SMILES string of the molecule is CCOC(=O)c1cc(C#N)c(S(C)=O)s1. The highest BCUT2D eigenvalue weighted by Crippen LogP contribution is 2.25. The summed E-state index contributed by atoms with van der Waals surface area (Å²) >= 11 is 1.04. The Labute approximate surface area is 93.9 Å². The van der Waals surface area contributed by atoms with Gasteiger partial charge in [-0.1, -0.05) is 0 Å². The molecule has 1 heterocycles. The average molecular weight is 243 g/mol. The van der Waals surface area contributed by atoms with E-state index < -0.39 is 16.8 Å². The Morgan fingerprint density at radius 2 is 2.40 bits per heavy atom. The van der Waals surface area contributed by atoms with Crippen molar-refractivity contribution < 1.29 is 13.7 Å². The third-order valence-electron chi connectivity index (χ3n) is 1.56. The Morgan fingerprint density at radius 3 is 2.80 bits per heavy atom. The molecule has 1 aromatic heterocycles. The van der Waals surface area contributed by atoms with E-state index in [9.17, 15) is 9.00 Å². The van der Waals surface area contributed by atoms with Crippen LogP contribution in [0.25, 0.3) is 0 Å². The highest BCUT2D eigenvalue weighted by Gasteiger charge is 2.17. The van der Waals surface area contributed by atoms with Crippen LogP contribution in [0.5, 0.6) is 0 Å². The number of rotatable bonds is 3. The van der Waals surface area contributed by atoms with Gasteiger partial charge < -0.3 is 4.74 Å². The lowest BCUT2D eigenvalue weighted by atomic mass is 10.3. The van der Waals surface area contributed by atoms with Crippen LogP contribution in [-0.2, 0) is 15.5 Å². The van der Waals surface area contributed by atoms with Crippen molar-refractivity contribution in [3.8, 4) is 6.07 Å². The third kappa shape index (κ3) is 2.64. The van der Waals surface area contributed by atoms with Gasteiger partial charge in [0, 0.05) is 6.26 Å². The third-order valence-corrected chi connectivity index (χ3v) is 4.16. The molecule has 15 heavy (non-hydrogen) atoms. The Hall–Kier alpha value is -1.19. The minimum Gasteiger partial charge on any atom is -0.462 e. The molecule has 0 N–H and O–H groups in total. The summed E-state index contributed by atoms with van der Waals surface area (Å²) in [5, 5.41) is 8.76. The van der Waals surface area contributed by atoms with Crippen molar-refractivity contribution in [2.75, 3.05) is 12.9 Å². The van der Waals surface area contributed by atoms with Crippen molar-refractivity contribution in [2.24, 2.45) is 0 Å². The summed E-state index contributed by atoms with van der Waals surface area (Å²) < 4.78 is 16.4. The lowest BCUT2D eigenvalue weighted by molar-refractivity contribution is 0.0532. The second-order valence-electron chi connectivity index (χ2n) is 2.60. The normalized spacial score (nSPS) is 11.8. The van der Waals surface area contributed by atoms with Gasteiger partial charge in [0.25, 0.3) is 0 Å². The molecule has 0 aromatic carbocycles. The topological polar surface area (TPSA) is 67.2 Å². The number of carbonyl (C=O) groups is 1. The van der Waals surface area contributed by atoms with Gasteiger partial charge in [0.15, 0.2) is 0 Å². The molecule has 1 atom stereocenters. The first kappa shape index (κ1) is 11.9. The highest BCUT2D eigenvalue weighted by molar-refractivity contribution is 7.86. The molecular weight excluding hydrogens is 234 g/mol. The summed E-state index contributed by atoms with van der Waals surface area (Å²) in [7, 11) is -1.25. The molecule has 4 nitrogen and oxygen atoms in total. The highest BCUT2D eigenvalue weighted by atomic mass is 32.2. The van der Waals surface area contributed by atoms with Crippen molar-refractivity contribution in [1.82, 2.24) is 0 Å². The molecule has 1 rings (SSSR count). The van der Waals surface area contributed by atoms with Crippen LogP contribution in [0.4, 0.5) is 0 Å². The molecule has 80 valence electrons. The van der Waals surface area contributed by atoms with Crippen LogP contribution in [0.1, 0.15) is 22.2 Å². The monoisotopic (exact) mass is 243 g/mol. The van der Waals surface area contributed by atoms with Gasteiger partial charge in [-0.2, -0.15) is 5.26 Å². The predicted molar refractivity (Wildman–Crippen MR) is 57.3 cm³/mol.